The number of benzene rings is 1. The quantitative estimate of drug-likeness (QED) is 0.511. The molecule has 0 saturated carbocycles. The van der Waals surface area contributed by atoms with E-state index in [0.29, 0.717) is 22.6 Å². The van der Waals surface area contributed by atoms with Crippen molar-refractivity contribution in [3.05, 3.63) is 64.9 Å². The Balaban J connectivity index is 1.65. The molecule has 4 aromatic rings. The highest BCUT2D eigenvalue weighted by molar-refractivity contribution is 5.97. The lowest BCUT2D eigenvalue weighted by Crippen LogP contribution is -2.06. The van der Waals surface area contributed by atoms with Crippen molar-refractivity contribution in [1.29, 1.82) is 0 Å². The predicted molar refractivity (Wildman–Crippen MR) is 104 cm³/mol. The fraction of sp³-hybridized carbons (Fsp3) is 0.190. The standard InChI is InChI=1S/C21H19FN4O2/c1-11-12(2)25-26-20(11)17(27)8-13-7-14-9-16(24-21(14)23-10-13)15-5-4-6-18(28-3)19(15)22/h4-7,9-10H,8H2,1-3H3,(H,23,24)(H,25,26). The second kappa shape index (κ2) is 6.92. The number of pyridine rings is 1. The molecule has 0 radical (unpaired) electrons. The number of methoxy groups -OCH3 is 1. The van der Waals surface area contributed by atoms with Gasteiger partial charge in [-0.25, -0.2) is 9.37 Å². The fourth-order valence-corrected chi connectivity index (χ4v) is 3.20. The number of Topliss-reactive ketones (excluding diaryl/α,β-unsaturated/α-hetero) is 1. The van der Waals surface area contributed by atoms with Crippen molar-refractivity contribution in [2.45, 2.75) is 20.3 Å². The number of halogens is 1. The van der Waals surface area contributed by atoms with E-state index in [1.165, 1.54) is 7.11 Å². The average Bonchev–Trinajstić information content (AvgIpc) is 3.25. The molecule has 0 unspecified atom stereocenters. The third-order valence-electron chi connectivity index (χ3n) is 4.88. The first kappa shape index (κ1) is 17.9. The SMILES string of the molecule is COc1cccc(-c2cc3cc(CC(=O)c4n[nH]c(C)c4C)cnc3[nH]2)c1F. The van der Waals surface area contributed by atoms with Gasteiger partial charge in [-0.1, -0.05) is 6.07 Å². The molecule has 142 valence electrons. The number of aryl methyl sites for hydroxylation is 1. The van der Waals surface area contributed by atoms with Crippen LogP contribution in [0.5, 0.6) is 5.75 Å². The first-order valence-corrected chi connectivity index (χ1v) is 8.83. The fourth-order valence-electron chi connectivity index (χ4n) is 3.20. The summed E-state index contributed by atoms with van der Waals surface area (Å²) < 4.78 is 19.6. The van der Waals surface area contributed by atoms with E-state index in [-0.39, 0.29) is 18.0 Å². The summed E-state index contributed by atoms with van der Waals surface area (Å²) in [5.41, 5.74) is 4.59. The molecule has 0 atom stereocenters. The minimum Gasteiger partial charge on any atom is -0.494 e. The number of carbonyl (C=O) groups is 1. The Kier molecular flexibility index (Phi) is 4.43. The van der Waals surface area contributed by atoms with Gasteiger partial charge in [0.2, 0.25) is 0 Å². The minimum atomic E-state index is -0.434. The zero-order valence-corrected chi connectivity index (χ0v) is 15.8. The molecule has 1 aromatic carbocycles. The number of H-pyrrole nitrogens is 2. The van der Waals surface area contributed by atoms with Crippen LogP contribution in [0.1, 0.15) is 27.3 Å². The van der Waals surface area contributed by atoms with Crippen molar-refractivity contribution in [1.82, 2.24) is 20.2 Å². The van der Waals surface area contributed by atoms with E-state index in [0.717, 1.165) is 22.2 Å². The molecule has 0 saturated heterocycles. The van der Waals surface area contributed by atoms with Gasteiger partial charge in [-0.05, 0) is 43.7 Å². The molecule has 4 rings (SSSR count). The Morgan fingerprint density at radius 1 is 1.25 bits per heavy atom. The van der Waals surface area contributed by atoms with Gasteiger partial charge in [0.1, 0.15) is 11.3 Å². The number of nitrogens with zero attached hydrogens (tertiary/aromatic N) is 2. The first-order valence-electron chi connectivity index (χ1n) is 8.83. The number of aromatic nitrogens is 4. The smallest absolute Gasteiger partial charge is 0.187 e. The maximum absolute atomic E-state index is 14.5. The van der Waals surface area contributed by atoms with Gasteiger partial charge in [0.05, 0.1) is 12.8 Å². The normalized spacial score (nSPS) is 11.1. The molecule has 0 bridgehead atoms. The highest BCUT2D eigenvalue weighted by Gasteiger charge is 2.17. The number of hydrogen-bond acceptors (Lipinski definition) is 4. The Bertz CT molecular complexity index is 1190. The van der Waals surface area contributed by atoms with Crippen LogP contribution in [0.2, 0.25) is 0 Å². The van der Waals surface area contributed by atoms with Crippen molar-refractivity contribution in [3.8, 4) is 17.0 Å². The Labute approximate surface area is 160 Å². The van der Waals surface area contributed by atoms with Crippen molar-refractivity contribution >= 4 is 16.8 Å². The van der Waals surface area contributed by atoms with Crippen LogP contribution < -0.4 is 4.74 Å². The summed E-state index contributed by atoms with van der Waals surface area (Å²) in [7, 11) is 1.43. The second-order valence-corrected chi connectivity index (χ2v) is 6.71. The maximum Gasteiger partial charge on any atom is 0.187 e. The van der Waals surface area contributed by atoms with Gasteiger partial charge in [0.25, 0.3) is 0 Å². The van der Waals surface area contributed by atoms with Crippen LogP contribution in [0, 0.1) is 19.7 Å². The van der Waals surface area contributed by atoms with Crippen molar-refractivity contribution in [2.75, 3.05) is 7.11 Å². The van der Waals surface area contributed by atoms with Crippen molar-refractivity contribution in [3.63, 3.8) is 0 Å². The van der Waals surface area contributed by atoms with Gasteiger partial charge in [0.15, 0.2) is 17.3 Å². The highest BCUT2D eigenvalue weighted by atomic mass is 19.1. The van der Waals surface area contributed by atoms with Gasteiger partial charge in [0, 0.05) is 34.8 Å². The molecule has 3 heterocycles. The Morgan fingerprint density at radius 3 is 2.79 bits per heavy atom. The van der Waals surface area contributed by atoms with E-state index < -0.39 is 5.82 Å². The molecule has 0 spiro atoms. The van der Waals surface area contributed by atoms with Gasteiger partial charge in [-0.15, -0.1) is 0 Å². The molecular formula is C21H19FN4O2. The largest absolute Gasteiger partial charge is 0.494 e. The third kappa shape index (κ3) is 3.05. The number of aromatic amines is 2. The molecule has 0 aliphatic heterocycles. The van der Waals surface area contributed by atoms with Gasteiger partial charge < -0.3 is 9.72 Å². The molecule has 3 aromatic heterocycles. The van der Waals surface area contributed by atoms with Gasteiger partial charge >= 0.3 is 0 Å². The van der Waals surface area contributed by atoms with Crippen LogP contribution in [-0.4, -0.2) is 33.1 Å². The molecule has 0 aliphatic carbocycles. The van der Waals surface area contributed by atoms with Gasteiger partial charge in [-0.2, -0.15) is 5.10 Å². The lowest BCUT2D eigenvalue weighted by atomic mass is 10.0. The van der Waals surface area contributed by atoms with Crippen LogP contribution in [0.25, 0.3) is 22.3 Å². The number of hydrogen-bond donors (Lipinski definition) is 2. The zero-order chi connectivity index (χ0) is 19.8. The number of rotatable bonds is 5. The summed E-state index contributed by atoms with van der Waals surface area (Å²) in [6.45, 7) is 3.75. The second-order valence-electron chi connectivity index (χ2n) is 6.71. The molecule has 0 aliphatic rings. The molecule has 28 heavy (non-hydrogen) atoms. The monoisotopic (exact) mass is 378 g/mol. The van der Waals surface area contributed by atoms with Gasteiger partial charge in [-0.3, -0.25) is 9.89 Å². The minimum absolute atomic E-state index is 0.0717. The number of ketones is 1. The van der Waals surface area contributed by atoms with Crippen LogP contribution in [0.4, 0.5) is 4.39 Å². The van der Waals surface area contributed by atoms with Crippen molar-refractivity contribution < 1.29 is 13.9 Å². The molecule has 6 nitrogen and oxygen atoms in total. The molecule has 7 heteroatoms. The maximum atomic E-state index is 14.5. The molecule has 0 amide bonds. The van der Waals surface area contributed by atoms with E-state index in [1.54, 1.807) is 24.4 Å². The summed E-state index contributed by atoms with van der Waals surface area (Å²) in [4.78, 5) is 20.0. The van der Waals surface area contributed by atoms with E-state index in [1.807, 2.05) is 26.0 Å². The lowest BCUT2D eigenvalue weighted by Gasteiger charge is -2.05. The average molecular weight is 378 g/mol. The number of carbonyl (C=O) groups excluding carboxylic acids is 1. The van der Waals surface area contributed by atoms with E-state index in [2.05, 4.69) is 20.2 Å². The van der Waals surface area contributed by atoms with Crippen LogP contribution in [0.3, 0.4) is 0 Å². The van der Waals surface area contributed by atoms with Crippen LogP contribution in [0.15, 0.2) is 36.5 Å². The highest BCUT2D eigenvalue weighted by Crippen LogP contribution is 2.30. The molecule has 2 N–H and O–H groups in total. The topological polar surface area (TPSA) is 83.7 Å². The molecular weight excluding hydrogens is 359 g/mol. The zero-order valence-electron chi connectivity index (χ0n) is 15.8. The summed E-state index contributed by atoms with van der Waals surface area (Å²) in [5, 5.41) is 7.72. The van der Waals surface area contributed by atoms with Crippen LogP contribution >= 0.6 is 0 Å². The Hall–Kier alpha value is -3.48. The van der Waals surface area contributed by atoms with Crippen molar-refractivity contribution in [2.24, 2.45) is 0 Å². The number of fused-ring (bicyclic) bond motifs is 1. The van der Waals surface area contributed by atoms with E-state index in [9.17, 15) is 9.18 Å². The summed E-state index contributed by atoms with van der Waals surface area (Å²) >= 11 is 0. The predicted octanol–water partition coefficient (Wildman–Crippen LogP) is 4.14. The summed E-state index contributed by atoms with van der Waals surface area (Å²) in [6, 6.07) is 8.68. The number of nitrogens with one attached hydrogen (secondary N) is 2. The Morgan fingerprint density at radius 2 is 2.07 bits per heavy atom. The summed E-state index contributed by atoms with van der Waals surface area (Å²) in [6.07, 6.45) is 1.85. The summed E-state index contributed by atoms with van der Waals surface area (Å²) in [5.74, 6) is -0.325. The lowest BCUT2D eigenvalue weighted by molar-refractivity contribution is 0.0987. The first-order chi connectivity index (χ1) is 13.5. The van der Waals surface area contributed by atoms with E-state index >= 15 is 0 Å². The molecule has 0 fully saturated rings. The van der Waals surface area contributed by atoms with Crippen LogP contribution in [-0.2, 0) is 6.42 Å². The number of ether oxygens (including phenoxy) is 1. The third-order valence-corrected chi connectivity index (χ3v) is 4.88. The van der Waals surface area contributed by atoms with E-state index in [4.69, 9.17) is 4.74 Å².